The van der Waals surface area contributed by atoms with Gasteiger partial charge in [-0.25, -0.2) is 4.79 Å². The third-order valence-corrected chi connectivity index (χ3v) is 3.78. The van der Waals surface area contributed by atoms with E-state index in [1.54, 1.807) is 0 Å². The molecule has 1 aliphatic rings. The molecule has 1 fully saturated rings. The second kappa shape index (κ2) is 6.58. The van der Waals surface area contributed by atoms with Crippen LogP contribution in [0.2, 0.25) is 0 Å². The summed E-state index contributed by atoms with van der Waals surface area (Å²) in [4.78, 5) is 17.3. The van der Waals surface area contributed by atoms with E-state index in [2.05, 4.69) is 16.0 Å². The van der Waals surface area contributed by atoms with E-state index in [4.69, 9.17) is 9.84 Å². The summed E-state index contributed by atoms with van der Waals surface area (Å²) in [5.74, 6) is 0.161. The molecule has 0 amide bonds. The van der Waals surface area contributed by atoms with Crippen LogP contribution in [0.1, 0.15) is 17.2 Å². The smallest absolute Gasteiger partial charge is 0.341 e. The van der Waals surface area contributed by atoms with Crippen LogP contribution in [0.4, 0.5) is 0 Å². The number of hydrogen-bond donors (Lipinski definition) is 1. The molecule has 0 radical (unpaired) electrons. The first-order valence-corrected chi connectivity index (χ1v) is 7.28. The van der Waals surface area contributed by atoms with Crippen LogP contribution in [0.5, 0.6) is 5.75 Å². The molecule has 5 heteroatoms. The Labute approximate surface area is 129 Å². The zero-order valence-corrected chi connectivity index (χ0v) is 12.2. The first-order chi connectivity index (χ1) is 10.7. The van der Waals surface area contributed by atoms with Gasteiger partial charge in [-0.1, -0.05) is 24.3 Å². The van der Waals surface area contributed by atoms with Crippen molar-refractivity contribution in [2.75, 3.05) is 19.7 Å². The lowest BCUT2D eigenvalue weighted by Crippen LogP contribution is -2.44. The van der Waals surface area contributed by atoms with E-state index in [-0.39, 0.29) is 6.61 Å². The Morgan fingerprint density at radius 1 is 1.23 bits per heavy atom. The maximum absolute atomic E-state index is 10.6. The molecule has 1 N–H and O–H groups in total. The van der Waals surface area contributed by atoms with E-state index in [1.807, 2.05) is 42.6 Å². The standard InChI is InChI=1S/C17H18N2O3/c20-17(21)12-22-16-7-2-1-5-13(16)9-19-10-14(11-19)15-6-3-4-8-18-15/h1-8,14H,9-12H2,(H,20,21). The summed E-state index contributed by atoms with van der Waals surface area (Å²) in [5, 5.41) is 8.72. The molecule has 5 nitrogen and oxygen atoms in total. The first-order valence-electron chi connectivity index (χ1n) is 7.28. The van der Waals surface area contributed by atoms with E-state index >= 15 is 0 Å². The van der Waals surface area contributed by atoms with Crippen LogP contribution in [0.25, 0.3) is 0 Å². The van der Waals surface area contributed by atoms with Gasteiger partial charge in [0.15, 0.2) is 6.61 Å². The number of benzene rings is 1. The fourth-order valence-electron chi connectivity index (χ4n) is 2.66. The van der Waals surface area contributed by atoms with Gasteiger partial charge in [0.25, 0.3) is 0 Å². The molecular weight excluding hydrogens is 280 g/mol. The summed E-state index contributed by atoms with van der Waals surface area (Å²) in [5.41, 5.74) is 2.15. The minimum Gasteiger partial charge on any atom is -0.482 e. The van der Waals surface area contributed by atoms with Gasteiger partial charge in [-0.2, -0.15) is 0 Å². The van der Waals surface area contributed by atoms with Crippen molar-refractivity contribution in [3.8, 4) is 5.75 Å². The highest BCUT2D eigenvalue weighted by Crippen LogP contribution is 2.29. The van der Waals surface area contributed by atoms with Crippen LogP contribution >= 0.6 is 0 Å². The fourth-order valence-corrected chi connectivity index (χ4v) is 2.66. The molecule has 0 saturated carbocycles. The number of carboxylic acid groups (broad SMARTS) is 1. The highest BCUT2D eigenvalue weighted by molar-refractivity contribution is 5.68. The summed E-state index contributed by atoms with van der Waals surface area (Å²) in [6.45, 7) is 2.38. The van der Waals surface area contributed by atoms with Crippen molar-refractivity contribution in [3.05, 3.63) is 59.9 Å². The van der Waals surface area contributed by atoms with Crippen LogP contribution in [-0.4, -0.2) is 40.7 Å². The monoisotopic (exact) mass is 298 g/mol. The van der Waals surface area contributed by atoms with E-state index in [0.717, 1.165) is 30.9 Å². The molecule has 0 atom stereocenters. The van der Waals surface area contributed by atoms with Gasteiger partial charge in [0.2, 0.25) is 0 Å². The van der Waals surface area contributed by atoms with Gasteiger partial charge in [-0.15, -0.1) is 0 Å². The van der Waals surface area contributed by atoms with Crippen molar-refractivity contribution in [1.82, 2.24) is 9.88 Å². The molecule has 1 aromatic heterocycles. The Balaban J connectivity index is 1.58. The number of pyridine rings is 1. The number of carbonyl (C=O) groups is 1. The van der Waals surface area contributed by atoms with Gasteiger partial charge >= 0.3 is 5.97 Å². The van der Waals surface area contributed by atoms with Crippen molar-refractivity contribution < 1.29 is 14.6 Å². The lowest BCUT2D eigenvalue weighted by atomic mass is 9.95. The predicted octanol–water partition coefficient (Wildman–Crippen LogP) is 2.14. The van der Waals surface area contributed by atoms with E-state index in [9.17, 15) is 4.79 Å². The summed E-state index contributed by atoms with van der Waals surface area (Å²) in [6, 6.07) is 13.6. The maximum atomic E-state index is 10.6. The number of likely N-dealkylation sites (tertiary alicyclic amines) is 1. The molecular formula is C17H18N2O3. The molecule has 2 heterocycles. The van der Waals surface area contributed by atoms with Gasteiger partial charge in [0.05, 0.1) is 0 Å². The molecule has 3 rings (SSSR count). The molecule has 0 aliphatic carbocycles. The van der Waals surface area contributed by atoms with Crippen LogP contribution in [0, 0.1) is 0 Å². The Morgan fingerprint density at radius 2 is 2.00 bits per heavy atom. The SMILES string of the molecule is O=C(O)COc1ccccc1CN1CC(c2ccccn2)C1. The number of ether oxygens (including phenoxy) is 1. The molecule has 0 unspecified atom stereocenters. The topological polar surface area (TPSA) is 62.7 Å². The number of nitrogens with zero attached hydrogens (tertiary/aromatic N) is 2. The lowest BCUT2D eigenvalue weighted by molar-refractivity contribution is -0.139. The number of aromatic nitrogens is 1. The Hall–Kier alpha value is -2.40. The average molecular weight is 298 g/mol. The van der Waals surface area contributed by atoms with Crippen LogP contribution in [-0.2, 0) is 11.3 Å². The average Bonchev–Trinajstić information content (AvgIpc) is 2.50. The van der Waals surface area contributed by atoms with Gasteiger partial charge in [-0.3, -0.25) is 9.88 Å². The number of hydrogen-bond acceptors (Lipinski definition) is 4. The first kappa shape index (κ1) is 14.5. The van der Waals surface area contributed by atoms with E-state index < -0.39 is 5.97 Å². The highest BCUT2D eigenvalue weighted by Gasteiger charge is 2.29. The Kier molecular flexibility index (Phi) is 4.34. The molecule has 1 aliphatic heterocycles. The molecule has 114 valence electrons. The van der Waals surface area contributed by atoms with E-state index in [1.165, 1.54) is 0 Å². The van der Waals surface area contributed by atoms with Gasteiger partial charge in [0, 0.05) is 43.0 Å². The minimum atomic E-state index is -0.964. The summed E-state index contributed by atoms with van der Waals surface area (Å²) < 4.78 is 5.34. The van der Waals surface area contributed by atoms with Crippen molar-refractivity contribution in [3.63, 3.8) is 0 Å². The number of rotatable bonds is 6. The summed E-state index contributed by atoms with van der Waals surface area (Å²) in [7, 11) is 0. The Morgan fingerprint density at radius 3 is 2.73 bits per heavy atom. The zero-order chi connectivity index (χ0) is 15.4. The normalized spacial score (nSPS) is 15.3. The molecule has 2 aromatic rings. The molecule has 1 saturated heterocycles. The second-order valence-corrected chi connectivity index (χ2v) is 5.44. The van der Waals surface area contributed by atoms with Crippen LogP contribution in [0.15, 0.2) is 48.7 Å². The van der Waals surface area contributed by atoms with Crippen molar-refractivity contribution in [1.29, 1.82) is 0 Å². The molecule has 0 spiro atoms. The van der Waals surface area contributed by atoms with Crippen molar-refractivity contribution in [2.45, 2.75) is 12.5 Å². The number of carboxylic acids is 1. The molecule has 1 aromatic carbocycles. The van der Waals surface area contributed by atoms with Gasteiger partial charge < -0.3 is 9.84 Å². The summed E-state index contributed by atoms with van der Waals surface area (Å²) >= 11 is 0. The minimum absolute atomic E-state index is 0.312. The van der Waals surface area contributed by atoms with Gasteiger partial charge in [-0.05, 0) is 18.2 Å². The largest absolute Gasteiger partial charge is 0.482 e. The van der Waals surface area contributed by atoms with Crippen LogP contribution < -0.4 is 4.74 Å². The van der Waals surface area contributed by atoms with Crippen molar-refractivity contribution in [2.24, 2.45) is 0 Å². The third kappa shape index (κ3) is 3.43. The molecule has 0 bridgehead atoms. The predicted molar refractivity (Wildman–Crippen MR) is 81.8 cm³/mol. The third-order valence-electron chi connectivity index (χ3n) is 3.78. The summed E-state index contributed by atoms with van der Waals surface area (Å²) in [6.07, 6.45) is 1.83. The lowest BCUT2D eigenvalue weighted by Gasteiger charge is -2.39. The number of para-hydroxylation sites is 1. The second-order valence-electron chi connectivity index (χ2n) is 5.44. The zero-order valence-electron chi connectivity index (χ0n) is 12.2. The number of aliphatic carboxylic acids is 1. The van der Waals surface area contributed by atoms with E-state index in [0.29, 0.717) is 11.7 Å². The Bertz CT molecular complexity index is 639. The maximum Gasteiger partial charge on any atom is 0.341 e. The molecule has 22 heavy (non-hydrogen) atoms. The quantitative estimate of drug-likeness (QED) is 0.885. The highest BCUT2D eigenvalue weighted by atomic mass is 16.5. The van der Waals surface area contributed by atoms with Crippen LogP contribution in [0.3, 0.4) is 0 Å². The van der Waals surface area contributed by atoms with Gasteiger partial charge in [0.1, 0.15) is 5.75 Å². The fraction of sp³-hybridized carbons (Fsp3) is 0.294. The van der Waals surface area contributed by atoms with Crippen molar-refractivity contribution >= 4 is 5.97 Å².